The number of hydrogen-bond acceptors (Lipinski definition) is 2. The first kappa shape index (κ1) is 15.3. The van der Waals surface area contributed by atoms with E-state index in [1.807, 2.05) is 0 Å². The average Bonchev–Trinajstić information content (AvgIpc) is 3.23. The van der Waals surface area contributed by atoms with E-state index >= 15 is 0 Å². The van der Waals surface area contributed by atoms with Gasteiger partial charge in [-0.25, -0.2) is 0 Å². The predicted octanol–water partition coefficient (Wildman–Crippen LogP) is 3.81. The van der Waals surface area contributed by atoms with Crippen molar-refractivity contribution in [2.45, 2.75) is 83.7 Å². The van der Waals surface area contributed by atoms with Crippen LogP contribution in [-0.4, -0.2) is 36.1 Å². The zero-order chi connectivity index (χ0) is 13.7. The second-order valence-corrected chi connectivity index (χ2v) is 7.08. The minimum atomic E-state index is 0.356. The molecule has 1 saturated carbocycles. The first-order valence-corrected chi connectivity index (χ1v) is 8.67. The molecule has 0 spiro atoms. The molecule has 2 atom stereocenters. The normalized spacial score (nSPS) is 32.7. The fraction of sp³-hybridized carbons (Fsp3) is 1.00. The molecule has 1 aliphatic heterocycles. The molecular formula is C17H34N2. The molecule has 1 aliphatic carbocycles. The maximum absolute atomic E-state index is 3.82. The Morgan fingerprint density at radius 3 is 2.47 bits per heavy atom. The van der Waals surface area contributed by atoms with Crippen LogP contribution >= 0.6 is 0 Å². The van der Waals surface area contributed by atoms with Gasteiger partial charge in [-0.05, 0) is 45.1 Å². The van der Waals surface area contributed by atoms with Crippen LogP contribution in [0.4, 0.5) is 0 Å². The van der Waals surface area contributed by atoms with E-state index in [9.17, 15) is 0 Å². The van der Waals surface area contributed by atoms with Gasteiger partial charge in [-0.1, -0.05) is 39.5 Å². The molecule has 1 heterocycles. The molecule has 0 aromatic carbocycles. The SMILES string of the molecule is CCCCCCCN1CC(C)(CC)NCC1C1CC1. The second kappa shape index (κ2) is 7.08. The number of nitrogens with one attached hydrogen (secondary N) is 1. The molecule has 1 N–H and O–H groups in total. The molecule has 0 bridgehead atoms. The molecule has 2 unspecified atom stereocenters. The Morgan fingerprint density at radius 1 is 1.11 bits per heavy atom. The summed E-state index contributed by atoms with van der Waals surface area (Å²) in [5.41, 5.74) is 0.356. The summed E-state index contributed by atoms with van der Waals surface area (Å²) in [6, 6.07) is 0.839. The summed E-state index contributed by atoms with van der Waals surface area (Å²) >= 11 is 0. The summed E-state index contributed by atoms with van der Waals surface area (Å²) in [7, 11) is 0. The average molecular weight is 266 g/mol. The fourth-order valence-corrected chi connectivity index (χ4v) is 3.45. The van der Waals surface area contributed by atoms with E-state index in [1.165, 1.54) is 71.0 Å². The highest BCUT2D eigenvalue weighted by molar-refractivity contribution is 4.99. The van der Waals surface area contributed by atoms with E-state index in [0.717, 1.165) is 12.0 Å². The predicted molar refractivity (Wildman–Crippen MR) is 83.5 cm³/mol. The van der Waals surface area contributed by atoms with Crippen molar-refractivity contribution < 1.29 is 0 Å². The van der Waals surface area contributed by atoms with Crippen LogP contribution in [0.5, 0.6) is 0 Å². The van der Waals surface area contributed by atoms with Crippen molar-refractivity contribution in [2.24, 2.45) is 5.92 Å². The van der Waals surface area contributed by atoms with Gasteiger partial charge in [-0.2, -0.15) is 0 Å². The van der Waals surface area contributed by atoms with Gasteiger partial charge >= 0.3 is 0 Å². The van der Waals surface area contributed by atoms with E-state index in [2.05, 4.69) is 31.0 Å². The van der Waals surface area contributed by atoms with Crippen LogP contribution in [0.25, 0.3) is 0 Å². The monoisotopic (exact) mass is 266 g/mol. The Kier molecular flexibility index (Phi) is 5.70. The quantitative estimate of drug-likeness (QED) is 0.672. The third-order valence-corrected chi connectivity index (χ3v) is 5.25. The van der Waals surface area contributed by atoms with E-state index < -0.39 is 0 Å². The lowest BCUT2D eigenvalue weighted by Gasteiger charge is -2.46. The van der Waals surface area contributed by atoms with E-state index in [1.54, 1.807) is 0 Å². The van der Waals surface area contributed by atoms with Crippen molar-refractivity contribution in [1.82, 2.24) is 10.2 Å². The van der Waals surface area contributed by atoms with Gasteiger partial charge in [0, 0.05) is 24.7 Å². The highest BCUT2D eigenvalue weighted by atomic mass is 15.3. The third kappa shape index (κ3) is 4.46. The van der Waals surface area contributed by atoms with Crippen LogP contribution in [-0.2, 0) is 0 Å². The lowest BCUT2D eigenvalue weighted by Crippen LogP contribution is -2.63. The highest BCUT2D eigenvalue weighted by Gasteiger charge is 2.41. The van der Waals surface area contributed by atoms with Crippen molar-refractivity contribution in [3.63, 3.8) is 0 Å². The summed E-state index contributed by atoms with van der Waals surface area (Å²) in [4.78, 5) is 2.82. The molecule has 2 nitrogen and oxygen atoms in total. The van der Waals surface area contributed by atoms with Gasteiger partial charge in [-0.15, -0.1) is 0 Å². The maximum Gasteiger partial charge on any atom is 0.0278 e. The molecule has 2 aliphatic rings. The lowest BCUT2D eigenvalue weighted by molar-refractivity contribution is 0.0711. The first-order valence-electron chi connectivity index (χ1n) is 8.67. The van der Waals surface area contributed by atoms with Crippen LogP contribution in [0.3, 0.4) is 0 Å². The zero-order valence-corrected chi connectivity index (χ0v) is 13.4. The molecule has 1 saturated heterocycles. The lowest BCUT2D eigenvalue weighted by atomic mass is 9.92. The molecule has 112 valence electrons. The van der Waals surface area contributed by atoms with Gasteiger partial charge in [0.25, 0.3) is 0 Å². The minimum Gasteiger partial charge on any atom is -0.309 e. The van der Waals surface area contributed by atoms with E-state index in [4.69, 9.17) is 0 Å². The van der Waals surface area contributed by atoms with Crippen molar-refractivity contribution in [1.29, 1.82) is 0 Å². The number of unbranched alkanes of at least 4 members (excludes halogenated alkanes) is 4. The Labute approximate surface area is 120 Å². The summed E-state index contributed by atoms with van der Waals surface area (Å²) in [6.45, 7) is 10.8. The van der Waals surface area contributed by atoms with Gasteiger partial charge in [0.2, 0.25) is 0 Å². The van der Waals surface area contributed by atoms with Gasteiger partial charge in [0.15, 0.2) is 0 Å². The van der Waals surface area contributed by atoms with Gasteiger partial charge in [-0.3, -0.25) is 4.90 Å². The Balaban J connectivity index is 1.78. The molecule has 2 fully saturated rings. The van der Waals surface area contributed by atoms with Crippen LogP contribution in [0.2, 0.25) is 0 Å². The van der Waals surface area contributed by atoms with Crippen LogP contribution in [0.1, 0.15) is 72.1 Å². The molecule has 2 rings (SSSR count). The number of piperazine rings is 1. The van der Waals surface area contributed by atoms with E-state index in [-0.39, 0.29) is 0 Å². The first-order chi connectivity index (χ1) is 9.18. The largest absolute Gasteiger partial charge is 0.309 e. The molecule has 0 amide bonds. The molecule has 2 heteroatoms. The number of nitrogens with zero attached hydrogens (tertiary/aromatic N) is 1. The van der Waals surface area contributed by atoms with Crippen LogP contribution < -0.4 is 5.32 Å². The Bertz CT molecular complexity index is 262. The Hall–Kier alpha value is -0.0800. The number of rotatable bonds is 8. The molecule has 0 aromatic rings. The smallest absolute Gasteiger partial charge is 0.0278 e. The minimum absolute atomic E-state index is 0.356. The standard InChI is InChI=1S/C17H34N2/c1-4-6-7-8-9-12-19-14-17(3,5-2)18-13-16(19)15-10-11-15/h15-16,18H,4-14H2,1-3H3. The number of hydrogen-bond donors (Lipinski definition) is 1. The van der Waals surface area contributed by atoms with Gasteiger partial charge < -0.3 is 5.32 Å². The molecule has 0 radical (unpaired) electrons. The second-order valence-electron chi connectivity index (χ2n) is 7.08. The highest BCUT2D eigenvalue weighted by Crippen LogP contribution is 2.37. The maximum atomic E-state index is 3.82. The van der Waals surface area contributed by atoms with Gasteiger partial charge in [0.1, 0.15) is 0 Å². The van der Waals surface area contributed by atoms with Gasteiger partial charge in [0.05, 0.1) is 0 Å². The molecular weight excluding hydrogens is 232 g/mol. The van der Waals surface area contributed by atoms with Crippen molar-refractivity contribution >= 4 is 0 Å². The topological polar surface area (TPSA) is 15.3 Å². The fourth-order valence-electron chi connectivity index (χ4n) is 3.45. The van der Waals surface area contributed by atoms with Crippen molar-refractivity contribution in [3.05, 3.63) is 0 Å². The summed E-state index contributed by atoms with van der Waals surface area (Å²) in [6.07, 6.45) is 11.2. The van der Waals surface area contributed by atoms with Crippen LogP contribution in [0, 0.1) is 5.92 Å². The van der Waals surface area contributed by atoms with Crippen molar-refractivity contribution in [3.8, 4) is 0 Å². The molecule has 0 aromatic heterocycles. The van der Waals surface area contributed by atoms with Crippen molar-refractivity contribution in [2.75, 3.05) is 19.6 Å². The summed E-state index contributed by atoms with van der Waals surface area (Å²) < 4.78 is 0. The third-order valence-electron chi connectivity index (χ3n) is 5.25. The van der Waals surface area contributed by atoms with Crippen LogP contribution in [0.15, 0.2) is 0 Å². The molecule has 19 heavy (non-hydrogen) atoms. The summed E-state index contributed by atoms with van der Waals surface area (Å²) in [5, 5.41) is 3.82. The summed E-state index contributed by atoms with van der Waals surface area (Å²) in [5.74, 6) is 1.00. The zero-order valence-electron chi connectivity index (χ0n) is 13.4. The Morgan fingerprint density at radius 2 is 1.84 bits per heavy atom. The van der Waals surface area contributed by atoms with E-state index in [0.29, 0.717) is 5.54 Å².